The van der Waals surface area contributed by atoms with Gasteiger partial charge in [-0.1, -0.05) is 32.0 Å². The summed E-state index contributed by atoms with van der Waals surface area (Å²) < 4.78 is 48.3. The number of rotatable bonds is 32. The van der Waals surface area contributed by atoms with E-state index in [1.807, 2.05) is 13.8 Å². The number of sulfonamides is 1. The molecule has 30 nitrogen and oxygen atoms in total. The lowest BCUT2D eigenvalue weighted by Crippen LogP contribution is -2.58. The minimum absolute atomic E-state index is 0.00381. The van der Waals surface area contributed by atoms with Crippen LogP contribution >= 0.6 is 0 Å². The van der Waals surface area contributed by atoms with Crippen LogP contribution in [0.5, 0.6) is 5.75 Å². The number of hydrogen-bond donors (Lipinski definition) is 13. The van der Waals surface area contributed by atoms with Crippen molar-refractivity contribution < 1.29 is 75.7 Å². The number of carbonyl (C=O) groups excluding carboxylic acids is 9. The molecule has 1 fully saturated rings. The van der Waals surface area contributed by atoms with E-state index in [0.717, 1.165) is 5.56 Å². The van der Waals surface area contributed by atoms with Crippen molar-refractivity contribution in [1.82, 2.24) is 56.7 Å². The van der Waals surface area contributed by atoms with Crippen molar-refractivity contribution in [2.75, 3.05) is 39.3 Å². The van der Waals surface area contributed by atoms with Gasteiger partial charge in [-0.05, 0) is 181 Å². The minimum Gasteiger partial charge on any atom is -0.487 e. The summed E-state index contributed by atoms with van der Waals surface area (Å²) in [6.07, 6.45) is 2.69. The lowest BCUT2D eigenvalue weighted by molar-refractivity contribution is -0.142. The first-order valence-electron chi connectivity index (χ1n) is 32.9. The Labute approximate surface area is 567 Å². The van der Waals surface area contributed by atoms with Gasteiger partial charge in [0.05, 0.1) is 29.5 Å². The van der Waals surface area contributed by atoms with Crippen LogP contribution in [-0.2, 0) is 70.7 Å². The van der Waals surface area contributed by atoms with E-state index in [1.54, 1.807) is 100 Å². The number of guanidine groups is 1. The lowest BCUT2D eigenvalue weighted by Gasteiger charge is -2.30. The Morgan fingerprint density at radius 3 is 1.98 bits per heavy atom. The first-order valence-corrected chi connectivity index (χ1v) is 34.4. The van der Waals surface area contributed by atoms with E-state index in [9.17, 15) is 61.5 Å². The van der Waals surface area contributed by atoms with Crippen molar-refractivity contribution in [3.63, 3.8) is 0 Å². The number of nitrogens with zero attached hydrogens (tertiary/aromatic N) is 2. The number of benzene rings is 2. The quantitative estimate of drug-likeness (QED) is 0.0243. The van der Waals surface area contributed by atoms with E-state index in [4.69, 9.17) is 31.1 Å². The number of para-hydroxylation sites is 1. The molecule has 6 atom stereocenters. The minimum atomic E-state index is -4.25. The molecule has 2 aliphatic heterocycles. The van der Waals surface area contributed by atoms with Gasteiger partial charge in [-0.15, -0.1) is 0 Å². The molecule has 31 heteroatoms. The maximum atomic E-state index is 14.7. The maximum absolute atomic E-state index is 14.7. The van der Waals surface area contributed by atoms with Gasteiger partial charge in [0, 0.05) is 49.6 Å². The summed E-state index contributed by atoms with van der Waals surface area (Å²) >= 11 is 0. The zero-order valence-corrected chi connectivity index (χ0v) is 59.0. The molecule has 97 heavy (non-hydrogen) atoms. The predicted octanol–water partition coefficient (Wildman–Crippen LogP) is 2.94. The zero-order valence-electron chi connectivity index (χ0n) is 58.2. The second-order valence-corrected chi connectivity index (χ2v) is 29.3. The van der Waals surface area contributed by atoms with Gasteiger partial charge in [0.2, 0.25) is 47.3 Å². The fraction of sp³-hybridized carbons (Fsp3) is 0.621. The second-order valence-electron chi connectivity index (χ2n) is 27.6. The van der Waals surface area contributed by atoms with Crippen LogP contribution in [0.25, 0.3) is 10.9 Å². The Bertz CT molecular complexity index is 3500. The van der Waals surface area contributed by atoms with E-state index in [2.05, 4.69) is 47.3 Å². The van der Waals surface area contributed by atoms with Crippen LogP contribution < -0.4 is 63.5 Å². The number of fused-ring (bicyclic) bond motifs is 2. The summed E-state index contributed by atoms with van der Waals surface area (Å²) in [5.74, 6) is -7.02. The number of nitrogens with one attached hydrogen (secondary N) is 10. The molecule has 15 N–H and O–H groups in total. The highest BCUT2D eigenvalue weighted by Gasteiger charge is 2.41. The van der Waals surface area contributed by atoms with Crippen LogP contribution in [0.3, 0.4) is 0 Å². The number of hydrogen-bond acceptors (Lipinski definition) is 18. The molecule has 5 rings (SSSR count). The average molecular weight is 1380 g/mol. The van der Waals surface area contributed by atoms with Gasteiger partial charge in [0.1, 0.15) is 52.8 Å². The molecular formula is C66H102N14O16S. The highest BCUT2D eigenvalue weighted by Crippen LogP contribution is 2.44. The summed E-state index contributed by atoms with van der Waals surface area (Å²) in [5.41, 5.74) is 13.1. The molecule has 0 spiro atoms. The molecule has 0 radical (unpaired) electrons. The van der Waals surface area contributed by atoms with Crippen molar-refractivity contribution >= 4 is 86.4 Å². The summed E-state index contributed by atoms with van der Waals surface area (Å²) in [4.78, 5) is 137. The third-order valence-electron chi connectivity index (χ3n) is 16.3. The molecule has 1 aromatic heterocycles. The summed E-state index contributed by atoms with van der Waals surface area (Å²) in [7, 11) is -4.25. The summed E-state index contributed by atoms with van der Waals surface area (Å²) in [6, 6.07) is -0.724. The van der Waals surface area contributed by atoms with Crippen LogP contribution in [0.1, 0.15) is 161 Å². The van der Waals surface area contributed by atoms with Gasteiger partial charge in [-0.3, -0.25) is 43.5 Å². The molecule has 2 aliphatic rings. The Hall–Kier alpha value is -8.58. The third-order valence-corrected chi connectivity index (χ3v) is 17.9. The van der Waals surface area contributed by atoms with Crippen LogP contribution in [0.15, 0.2) is 35.4 Å². The molecule has 0 saturated carbocycles. The molecule has 8 amide bonds. The van der Waals surface area contributed by atoms with Crippen molar-refractivity contribution in [2.45, 2.75) is 225 Å². The van der Waals surface area contributed by atoms with Crippen molar-refractivity contribution in [3.05, 3.63) is 58.3 Å². The number of alkyl carbamates (subject to hydrolysis) is 1. The van der Waals surface area contributed by atoms with E-state index < -0.39 is 148 Å². The average Bonchev–Trinajstić information content (AvgIpc) is 1.67. The van der Waals surface area contributed by atoms with E-state index >= 15 is 0 Å². The monoisotopic (exact) mass is 1380 g/mol. The number of ether oxygens (including phenoxy) is 3. The molecule has 1 saturated heterocycles. The Kier molecular flexibility index (Phi) is 28.2. The second kappa shape index (κ2) is 34.6. The van der Waals surface area contributed by atoms with E-state index in [-0.39, 0.29) is 69.5 Å². The van der Waals surface area contributed by atoms with E-state index in [0.29, 0.717) is 77.6 Å². The highest BCUT2D eigenvalue weighted by atomic mass is 32.2. The van der Waals surface area contributed by atoms with Crippen molar-refractivity contribution in [2.24, 2.45) is 17.4 Å². The standard InChI is InChI=1S/C66H102N14O16S/c1-37(2)52(58(86)73-35-51(82)75-46(60(88)89)25-16-18-28-67)77-57(85)49-27-21-31-79(49)59(87)45(24-17-19-29-71-62(90)95-64(6,7)8)74-50(81)34-72-56(84)47(32-41-36-80(63(91)96-65(9,10)11)48-26-15-14-22-42(41)48)76-55(83)44(68)23-20-30-70-61(69)78-97(92,93)54-39(4)38(3)53-43(40(54)5)33-66(12,13)94-53/h14-15,22,26,36-37,44-47,49,52H,16-21,23-25,27-35,67-68H2,1-13H3,(H,71,90)(H,72,84)(H,73,86)(H,74,81)(H,75,82)(H,76,83)(H,77,85)(H,88,89)(H3,69,70,78)/t44-,45-,46-,47-,49-,52-/m0/s1. The van der Waals surface area contributed by atoms with E-state index in [1.165, 1.54) is 15.7 Å². The SMILES string of the molecule is Cc1c(C)c(S(=O)(=O)NC(=N)NCCC[C@H](N)C(=O)N[C@@H](Cc2cn(C(=O)OC(C)(C)C)c3ccccc23)C(=O)NCC(=O)N[C@@H](CCCCNC(=O)OC(C)(C)C)C(=O)N2CCC[C@H]2C(=O)N[C@H](C(=O)NCC(=O)N[C@@H](CCCCN)C(=O)O)C(C)C)c(C)c2c1OC(C)(C)C2. The maximum Gasteiger partial charge on any atom is 0.419 e. The lowest BCUT2D eigenvalue weighted by atomic mass is 9.94. The number of unbranched alkanes of at least 4 members (excludes halogenated alkanes) is 2. The number of aliphatic carboxylic acids is 1. The van der Waals surface area contributed by atoms with Crippen LogP contribution in [0, 0.1) is 32.1 Å². The van der Waals surface area contributed by atoms with Gasteiger partial charge >= 0.3 is 18.2 Å². The summed E-state index contributed by atoms with van der Waals surface area (Å²) in [6.45, 7) is 21.8. The Balaban J connectivity index is 1.31. The molecule has 0 bridgehead atoms. The van der Waals surface area contributed by atoms with Gasteiger partial charge in [-0.25, -0.2) is 27.5 Å². The fourth-order valence-electron chi connectivity index (χ4n) is 11.5. The first-order chi connectivity index (χ1) is 45.2. The molecule has 0 aliphatic carbocycles. The van der Waals surface area contributed by atoms with Crippen LogP contribution in [-0.4, -0.2) is 181 Å². The van der Waals surface area contributed by atoms with Crippen LogP contribution in [0.2, 0.25) is 0 Å². The number of aromatic nitrogens is 1. The molecule has 3 aromatic rings. The third kappa shape index (κ3) is 23.3. The molecule has 0 unspecified atom stereocenters. The Morgan fingerprint density at radius 2 is 1.35 bits per heavy atom. The van der Waals surface area contributed by atoms with Crippen LogP contribution in [0.4, 0.5) is 9.59 Å². The van der Waals surface area contributed by atoms with Gasteiger partial charge in [0.15, 0.2) is 0 Å². The fourth-order valence-corrected chi connectivity index (χ4v) is 13.0. The molecular weight excluding hydrogens is 1280 g/mol. The Morgan fingerprint density at radius 1 is 0.742 bits per heavy atom. The first kappa shape index (κ1) is 79.1. The molecule has 538 valence electrons. The summed E-state index contributed by atoms with van der Waals surface area (Å²) in [5, 5.41) is 39.5. The largest absolute Gasteiger partial charge is 0.487 e. The number of amides is 8. The molecule has 2 aromatic carbocycles. The van der Waals surface area contributed by atoms with Crippen molar-refractivity contribution in [1.29, 1.82) is 5.41 Å². The number of carboxylic acid groups (broad SMARTS) is 1. The van der Waals surface area contributed by atoms with Gasteiger partial charge < -0.3 is 78.2 Å². The van der Waals surface area contributed by atoms with Crippen molar-refractivity contribution in [3.8, 4) is 5.75 Å². The van der Waals surface area contributed by atoms with Gasteiger partial charge in [0.25, 0.3) is 10.0 Å². The molecule has 3 heterocycles. The predicted molar refractivity (Wildman–Crippen MR) is 362 cm³/mol. The highest BCUT2D eigenvalue weighted by molar-refractivity contribution is 7.90. The number of likely N-dealkylation sites (tertiary alicyclic amines) is 1. The number of nitrogens with two attached hydrogens (primary N) is 2. The zero-order chi connectivity index (χ0) is 72.5. The number of carboxylic acids is 1. The topological polar surface area (TPSA) is 445 Å². The van der Waals surface area contributed by atoms with Gasteiger partial charge in [-0.2, -0.15) is 0 Å². The smallest absolute Gasteiger partial charge is 0.419 e. The normalized spacial score (nSPS) is 15.9. The number of carbonyl (C=O) groups is 10.